The number of rotatable bonds is 7. The van der Waals surface area contributed by atoms with Gasteiger partial charge in [-0.1, -0.05) is 49.4 Å². The number of anilines is 1. The highest BCUT2D eigenvalue weighted by Gasteiger charge is 2.38. The molecule has 0 aliphatic carbocycles. The van der Waals surface area contributed by atoms with E-state index in [4.69, 9.17) is 4.74 Å². The van der Waals surface area contributed by atoms with Crippen LogP contribution >= 0.6 is 0 Å². The molecule has 0 saturated heterocycles. The average Bonchev–Trinajstić information content (AvgIpc) is 3.16. The van der Waals surface area contributed by atoms with Crippen LogP contribution in [0.25, 0.3) is 17.2 Å². The second-order valence-electron chi connectivity index (χ2n) is 6.43. The number of hydrogen-bond donors (Lipinski definition) is 2. The Hall–Kier alpha value is -3.55. The standard InChI is InChI=1S/C22H20F3N3O2/c1-2-14-30-17-11-8-15(9-12-17)10-13-18(29)26-21-19(16-6-4-3-5-7-16)20(27-28-21)22(23,24)25/h3-13H,2,14H2,1H3,(H2,26,27,28,29)/b13-10+. The van der Waals surface area contributed by atoms with Crippen molar-refractivity contribution in [1.82, 2.24) is 10.2 Å². The Balaban J connectivity index is 1.77. The van der Waals surface area contributed by atoms with E-state index in [1.165, 1.54) is 18.2 Å². The second kappa shape index (κ2) is 9.30. The van der Waals surface area contributed by atoms with Crippen molar-refractivity contribution in [3.8, 4) is 16.9 Å². The van der Waals surface area contributed by atoms with Crippen molar-refractivity contribution >= 4 is 17.8 Å². The van der Waals surface area contributed by atoms with Gasteiger partial charge < -0.3 is 10.1 Å². The molecule has 30 heavy (non-hydrogen) atoms. The molecule has 1 amide bonds. The zero-order chi connectivity index (χ0) is 21.6. The Kier molecular flexibility index (Phi) is 6.56. The molecule has 3 aromatic rings. The van der Waals surface area contributed by atoms with Gasteiger partial charge in [-0.05, 0) is 35.8 Å². The number of H-pyrrole nitrogens is 1. The van der Waals surface area contributed by atoms with Crippen molar-refractivity contribution < 1.29 is 22.7 Å². The first kappa shape index (κ1) is 21.2. The molecule has 1 aromatic heterocycles. The minimum atomic E-state index is -4.64. The molecule has 0 bridgehead atoms. The molecule has 0 unspecified atom stereocenters. The number of aromatic nitrogens is 2. The van der Waals surface area contributed by atoms with E-state index in [1.807, 2.05) is 12.0 Å². The molecule has 3 rings (SSSR count). The predicted octanol–water partition coefficient (Wildman–Crippen LogP) is 5.54. The lowest BCUT2D eigenvalue weighted by molar-refractivity contribution is -0.140. The molecule has 0 radical (unpaired) electrons. The van der Waals surface area contributed by atoms with Gasteiger partial charge in [0.1, 0.15) is 11.4 Å². The number of amides is 1. The van der Waals surface area contributed by atoms with Crippen molar-refractivity contribution in [3.05, 3.63) is 71.9 Å². The third kappa shape index (κ3) is 5.28. The van der Waals surface area contributed by atoms with Gasteiger partial charge in [0, 0.05) is 6.08 Å². The Labute approximate surface area is 171 Å². The highest BCUT2D eigenvalue weighted by Crippen LogP contribution is 2.39. The van der Waals surface area contributed by atoms with Crippen LogP contribution in [0.4, 0.5) is 19.0 Å². The normalized spacial score (nSPS) is 11.6. The molecular formula is C22H20F3N3O2. The van der Waals surface area contributed by atoms with E-state index in [9.17, 15) is 18.0 Å². The van der Waals surface area contributed by atoms with Crippen LogP contribution in [0.2, 0.25) is 0 Å². The number of ether oxygens (including phenoxy) is 1. The lowest BCUT2D eigenvalue weighted by Gasteiger charge is -2.09. The summed E-state index contributed by atoms with van der Waals surface area (Å²) in [5.74, 6) is -0.0626. The van der Waals surface area contributed by atoms with Crippen molar-refractivity contribution in [1.29, 1.82) is 0 Å². The van der Waals surface area contributed by atoms with Crippen LogP contribution in [0.15, 0.2) is 60.7 Å². The molecule has 2 N–H and O–H groups in total. The molecule has 0 aliphatic rings. The van der Waals surface area contributed by atoms with Gasteiger partial charge in [0.25, 0.3) is 0 Å². The number of nitrogens with zero attached hydrogens (tertiary/aromatic N) is 1. The van der Waals surface area contributed by atoms with Gasteiger partial charge in [0.15, 0.2) is 5.82 Å². The van der Waals surface area contributed by atoms with Gasteiger partial charge in [-0.2, -0.15) is 18.3 Å². The van der Waals surface area contributed by atoms with Crippen molar-refractivity contribution in [2.45, 2.75) is 19.5 Å². The summed E-state index contributed by atoms with van der Waals surface area (Å²) in [6.07, 6.45) is -0.953. The van der Waals surface area contributed by atoms with Crippen LogP contribution in [0.1, 0.15) is 24.6 Å². The number of hydrogen-bond acceptors (Lipinski definition) is 3. The summed E-state index contributed by atoms with van der Waals surface area (Å²) in [6, 6.07) is 15.1. The van der Waals surface area contributed by atoms with E-state index in [1.54, 1.807) is 48.5 Å². The van der Waals surface area contributed by atoms with Gasteiger partial charge in [-0.15, -0.1) is 0 Å². The molecule has 0 fully saturated rings. The Bertz CT molecular complexity index is 1010. The van der Waals surface area contributed by atoms with E-state index in [-0.39, 0.29) is 11.4 Å². The first-order valence-corrected chi connectivity index (χ1v) is 9.31. The van der Waals surface area contributed by atoms with Crippen LogP contribution in [0.3, 0.4) is 0 Å². The zero-order valence-corrected chi connectivity index (χ0v) is 16.2. The van der Waals surface area contributed by atoms with E-state index in [0.29, 0.717) is 12.2 Å². The van der Waals surface area contributed by atoms with Gasteiger partial charge in [-0.3, -0.25) is 9.89 Å². The van der Waals surface area contributed by atoms with Crippen molar-refractivity contribution in [2.24, 2.45) is 0 Å². The molecule has 5 nitrogen and oxygen atoms in total. The number of halogens is 3. The lowest BCUT2D eigenvalue weighted by atomic mass is 10.1. The predicted molar refractivity (Wildman–Crippen MR) is 109 cm³/mol. The quantitative estimate of drug-likeness (QED) is 0.498. The average molecular weight is 415 g/mol. The lowest BCUT2D eigenvalue weighted by Crippen LogP contribution is -2.10. The summed E-state index contributed by atoms with van der Waals surface area (Å²) in [7, 11) is 0. The Morgan fingerprint density at radius 2 is 1.83 bits per heavy atom. The SMILES string of the molecule is CCCOc1ccc(/C=C/C(=O)Nc2n[nH]c(C(F)(F)F)c2-c2ccccc2)cc1. The Morgan fingerprint density at radius 3 is 2.47 bits per heavy atom. The van der Waals surface area contributed by atoms with Gasteiger partial charge >= 0.3 is 6.18 Å². The highest BCUT2D eigenvalue weighted by molar-refractivity contribution is 6.03. The van der Waals surface area contributed by atoms with Crippen LogP contribution in [-0.4, -0.2) is 22.7 Å². The largest absolute Gasteiger partial charge is 0.494 e. The third-order valence-electron chi connectivity index (χ3n) is 4.13. The fourth-order valence-electron chi connectivity index (χ4n) is 2.75. The van der Waals surface area contributed by atoms with E-state index in [2.05, 4.69) is 10.4 Å². The summed E-state index contributed by atoms with van der Waals surface area (Å²) < 4.78 is 45.6. The number of carbonyl (C=O) groups excluding carboxylic acids is 1. The molecule has 0 saturated carbocycles. The number of aromatic amines is 1. The minimum Gasteiger partial charge on any atom is -0.494 e. The van der Waals surface area contributed by atoms with Gasteiger partial charge in [0.05, 0.1) is 12.2 Å². The van der Waals surface area contributed by atoms with Crippen LogP contribution in [0.5, 0.6) is 5.75 Å². The second-order valence-corrected chi connectivity index (χ2v) is 6.43. The summed E-state index contributed by atoms with van der Waals surface area (Å²) >= 11 is 0. The molecule has 1 heterocycles. The number of alkyl halides is 3. The molecular weight excluding hydrogens is 395 g/mol. The molecule has 156 valence electrons. The molecule has 8 heteroatoms. The first-order chi connectivity index (χ1) is 14.4. The Morgan fingerprint density at radius 1 is 1.13 bits per heavy atom. The van der Waals surface area contributed by atoms with E-state index < -0.39 is 17.8 Å². The number of nitrogens with one attached hydrogen (secondary N) is 2. The smallest absolute Gasteiger partial charge is 0.433 e. The first-order valence-electron chi connectivity index (χ1n) is 9.31. The summed E-state index contributed by atoms with van der Waals surface area (Å²) in [4.78, 5) is 12.3. The minimum absolute atomic E-state index is 0.188. The van der Waals surface area contributed by atoms with E-state index in [0.717, 1.165) is 17.7 Å². The van der Waals surface area contributed by atoms with Crippen LogP contribution in [-0.2, 0) is 11.0 Å². The monoisotopic (exact) mass is 415 g/mol. The van der Waals surface area contributed by atoms with Crippen LogP contribution < -0.4 is 10.1 Å². The molecule has 2 aromatic carbocycles. The topological polar surface area (TPSA) is 67.0 Å². The van der Waals surface area contributed by atoms with Crippen molar-refractivity contribution in [2.75, 3.05) is 11.9 Å². The van der Waals surface area contributed by atoms with Crippen LogP contribution in [0, 0.1) is 0 Å². The van der Waals surface area contributed by atoms with Gasteiger partial charge in [-0.25, -0.2) is 0 Å². The fraction of sp³-hybridized carbons (Fsp3) is 0.182. The maximum Gasteiger partial charge on any atom is 0.433 e. The number of carbonyl (C=O) groups is 1. The highest BCUT2D eigenvalue weighted by atomic mass is 19.4. The van der Waals surface area contributed by atoms with Gasteiger partial charge in [0.2, 0.25) is 5.91 Å². The summed E-state index contributed by atoms with van der Waals surface area (Å²) in [5, 5.41) is 8.07. The molecule has 0 spiro atoms. The number of benzene rings is 2. The molecule has 0 atom stereocenters. The van der Waals surface area contributed by atoms with E-state index >= 15 is 0 Å². The molecule has 0 aliphatic heterocycles. The maximum absolute atomic E-state index is 13.4. The third-order valence-corrected chi connectivity index (χ3v) is 4.13. The zero-order valence-electron chi connectivity index (χ0n) is 16.2. The summed E-state index contributed by atoms with van der Waals surface area (Å²) in [6.45, 7) is 2.63. The maximum atomic E-state index is 13.4. The summed E-state index contributed by atoms with van der Waals surface area (Å²) in [5.41, 5.74) is -0.186. The fourth-order valence-corrected chi connectivity index (χ4v) is 2.75. The van der Waals surface area contributed by atoms with Crippen molar-refractivity contribution in [3.63, 3.8) is 0 Å².